The van der Waals surface area contributed by atoms with Gasteiger partial charge in [-0.2, -0.15) is 0 Å². The Balaban J connectivity index is 1.92. The molecule has 2 aromatic rings. The van der Waals surface area contributed by atoms with Crippen LogP contribution in [0.25, 0.3) is 0 Å². The van der Waals surface area contributed by atoms with E-state index in [1.807, 2.05) is 0 Å². The molecule has 1 fully saturated rings. The van der Waals surface area contributed by atoms with Crippen molar-refractivity contribution in [3.05, 3.63) is 53.1 Å². The highest BCUT2D eigenvalue weighted by atomic mass is 35.5. The average molecular weight is 444 g/mol. The lowest BCUT2D eigenvalue weighted by Gasteiger charge is -2.13. The van der Waals surface area contributed by atoms with Crippen LogP contribution in [0.1, 0.15) is 16.8 Å². The van der Waals surface area contributed by atoms with E-state index in [0.717, 1.165) is 0 Å². The van der Waals surface area contributed by atoms with E-state index in [9.17, 15) is 21.6 Å². The standard InChI is InChI=1S/C18H18ClNO6S2/c1-26-17-5-3-2-4-16(17)20-18(21)14-10-12(6-7-15(14)19)28(24,25)13-8-9-27(22,23)11-13/h2-7,10,13H,8-9,11H2,1H3,(H,20,21). The van der Waals surface area contributed by atoms with Crippen LogP contribution in [0.15, 0.2) is 47.4 Å². The SMILES string of the molecule is COc1ccccc1NC(=O)c1cc(S(=O)(=O)C2CCS(=O)(=O)C2)ccc1Cl. The van der Waals surface area contributed by atoms with Crippen molar-refractivity contribution < 1.29 is 26.4 Å². The number of sulfone groups is 2. The van der Waals surface area contributed by atoms with E-state index in [2.05, 4.69) is 5.32 Å². The van der Waals surface area contributed by atoms with Gasteiger partial charge in [0.15, 0.2) is 19.7 Å². The second-order valence-corrected chi connectivity index (χ2v) is 11.2. The zero-order valence-electron chi connectivity index (χ0n) is 14.9. The number of anilines is 1. The molecule has 3 rings (SSSR count). The Labute approximate surface area is 168 Å². The van der Waals surface area contributed by atoms with Gasteiger partial charge in [-0.05, 0) is 36.8 Å². The number of halogens is 1. The molecular formula is C18H18ClNO6S2. The van der Waals surface area contributed by atoms with Gasteiger partial charge >= 0.3 is 0 Å². The van der Waals surface area contributed by atoms with Gasteiger partial charge in [0.1, 0.15) is 5.75 Å². The van der Waals surface area contributed by atoms with Gasteiger partial charge in [-0.3, -0.25) is 4.79 Å². The van der Waals surface area contributed by atoms with Gasteiger partial charge in [0, 0.05) is 0 Å². The zero-order valence-corrected chi connectivity index (χ0v) is 17.3. The molecule has 0 bridgehead atoms. The number of para-hydroxylation sites is 2. The summed E-state index contributed by atoms with van der Waals surface area (Å²) in [5, 5.41) is 1.69. The first-order valence-corrected chi connectivity index (χ1v) is 12.1. The highest BCUT2D eigenvalue weighted by molar-refractivity contribution is 7.96. The van der Waals surface area contributed by atoms with Crippen molar-refractivity contribution in [1.29, 1.82) is 0 Å². The lowest BCUT2D eigenvalue weighted by Crippen LogP contribution is -2.23. The van der Waals surface area contributed by atoms with Gasteiger partial charge in [0.05, 0.1) is 45.0 Å². The molecule has 28 heavy (non-hydrogen) atoms. The topological polar surface area (TPSA) is 107 Å². The number of hydrogen-bond acceptors (Lipinski definition) is 6. The molecule has 150 valence electrons. The molecule has 1 saturated heterocycles. The van der Waals surface area contributed by atoms with Crippen LogP contribution in [0.4, 0.5) is 5.69 Å². The van der Waals surface area contributed by atoms with Crippen molar-refractivity contribution in [2.24, 2.45) is 0 Å². The number of rotatable bonds is 5. The minimum absolute atomic E-state index is 0.0329. The Morgan fingerprint density at radius 2 is 1.93 bits per heavy atom. The maximum absolute atomic E-state index is 12.8. The molecule has 2 aromatic carbocycles. The molecule has 0 spiro atoms. The summed E-state index contributed by atoms with van der Waals surface area (Å²) in [5.74, 6) is -0.746. The Morgan fingerprint density at radius 1 is 1.21 bits per heavy atom. The summed E-state index contributed by atoms with van der Waals surface area (Å²) >= 11 is 6.10. The van der Waals surface area contributed by atoms with Crippen LogP contribution >= 0.6 is 11.6 Å². The Kier molecular flexibility index (Phi) is 5.69. The molecule has 0 radical (unpaired) electrons. The van der Waals surface area contributed by atoms with Crippen LogP contribution in [-0.2, 0) is 19.7 Å². The normalized spacial score (nSPS) is 18.6. The van der Waals surface area contributed by atoms with E-state index >= 15 is 0 Å². The maximum atomic E-state index is 12.8. The third-order valence-electron chi connectivity index (χ3n) is 4.50. The molecular weight excluding hydrogens is 426 g/mol. The predicted molar refractivity (Wildman–Crippen MR) is 107 cm³/mol. The second kappa shape index (κ2) is 7.73. The molecule has 7 nitrogen and oxygen atoms in total. The van der Waals surface area contributed by atoms with Gasteiger partial charge in [0.2, 0.25) is 0 Å². The molecule has 1 unspecified atom stereocenters. The first-order valence-electron chi connectivity index (χ1n) is 8.32. The third-order valence-corrected chi connectivity index (χ3v) is 9.00. The smallest absolute Gasteiger partial charge is 0.257 e. The fraction of sp³-hybridized carbons (Fsp3) is 0.278. The molecule has 1 aliphatic heterocycles. The number of hydrogen-bond donors (Lipinski definition) is 1. The number of amides is 1. The summed E-state index contributed by atoms with van der Waals surface area (Å²) in [4.78, 5) is 12.5. The van der Waals surface area contributed by atoms with Crippen molar-refractivity contribution in [2.45, 2.75) is 16.6 Å². The molecule has 1 atom stereocenters. The summed E-state index contributed by atoms with van der Waals surface area (Å²) in [5.41, 5.74) is 0.371. The van der Waals surface area contributed by atoms with Crippen LogP contribution in [-0.4, -0.2) is 46.6 Å². The maximum Gasteiger partial charge on any atom is 0.257 e. The van der Waals surface area contributed by atoms with Crippen LogP contribution in [0.2, 0.25) is 5.02 Å². The third kappa shape index (κ3) is 4.16. The molecule has 0 aromatic heterocycles. The van der Waals surface area contributed by atoms with Gasteiger partial charge in [-0.15, -0.1) is 0 Å². The quantitative estimate of drug-likeness (QED) is 0.761. The Hall–Kier alpha value is -2.10. The summed E-state index contributed by atoms with van der Waals surface area (Å²) < 4.78 is 54.1. The lowest BCUT2D eigenvalue weighted by molar-refractivity contribution is 0.102. The molecule has 1 N–H and O–H groups in total. The molecule has 10 heteroatoms. The number of nitrogens with one attached hydrogen (secondary N) is 1. The Bertz CT molecular complexity index is 1130. The zero-order chi connectivity index (χ0) is 20.5. The fourth-order valence-electron chi connectivity index (χ4n) is 2.99. The largest absolute Gasteiger partial charge is 0.495 e. The van der Waals surface area contributed by atoms with Crippen molar-refractivity contribution in [3.8, 4) is 5.75 Å². The van der Waals surface area contributed by atoms with Crippen molar-refractivity contribution in [1.82, 2.24) is 0 Å². The highest BCUT2D eigenvalue weighted by Gasteiger charge is 2.38. The number of carbonyl (C=O) groups excluding carboxylic acids is 1. The van der Waals surface area contributed by atoms with Crippen LogP contribution in [0, 0.1) is 0 Å². The number of methoxy groups -OCH3 is 1. The number of benzene rings is 2. The molecule has 0 saturated carbocycles. The molecule has 1 aliphatic rings. The van der Waals surface area contributed by atoms with Gasteiger partial charge in [-0.25, -0.2) is 16.8 Å². The second-order valence-electron chi connectivity index (χ2n) is 6.37. The van der Waals surface area contributed by atoms with Gasteiger partial charge < -0.3 is 10.1 Å². The molecule has 0 aliphatic carbocycles. The van der Waals surface area contributed by atoms with E-state index < -0.39 is 36.6 Å². The minimum atomic E-state index is -3.91. The lowest BCUT2D eigenvalue weighted by atomic mass is 10.2. The van der Waals surface area contributed by atoms with E-state index in [-0.39, 0.29) is 27.7 Å². The Morgan fingerprint density at radius 3 is 2.57 bits per heavy atom. The summed E-state index contributed by atoms with van der Waals surface area (Å²) in [7, 11) is -5.82. The predicted octanol–water partition coefficient (Wildman–Crippen LogP) is 2.56. The van der Waals surface area contributed by atoms with E-state index in [1.165, 1.54) is 25.3 Å². The van der Waals surface area contributed by atoms with E-state index in [0.29, 0.717) is 11.4 Å². The van der Waals surface area contributed by atoms with Gasteiger partial charge in [-0.1, -0.05) is 23.7 Å². The van der Waals surface area contributed by atoms with E-state index in [4.69, 9.17) is 16.3 Å². The summed E-state index contributed by atoms with van der Waals surface area (Å²) in [6.45, 7) is 0. The van der Waals surface area contributed by atoms with E-state index in [1.54, 1.807) is 24.3 Å². The minimum Gasteiger partial charge on any atom is -0.495 e. The first-order chi connectivity index (χ1) is 13.1. The van der Waals surface area contributed by atoms with Crippen molar-refractivity contribution in [2.75, 3.05) is 23.9 Å². The average Bonchev–Trinajstić information content (AvgIpc) is 3.03. The monoisotopic (exact) mass is 443 g/mol. The van der Waals surface area contributed by atoms with Gasteiger partial charge in [0.25, 0.3) is 5.91 Å². The number of carbonyl (C=O) groups is 1. The highest BCUT2D eigenvalue weighted by Crippen LogP contribution is 2.29. The van der Waals surface area contributed by atoms with Crippen LogP contribution in [0.3, 0.4) is 0 Å². The number of ether oxygens (including phenoxy) is 1. The van der Waals surface area contributed by atoms with Crippen LogP contribution < -0.4 is 10.1 Å². The van der Waals surface area contributed by atoms with Crippen molar-refractivity contribution in [3.63, 3.8) is 0 Å². The van der Waals surface area contributed by atoms with Crippen LogP contribution in [0.5, 0.6) is 5.75 Å². The molecule has 1 heterocycles. The van der Waals surface area contributed by atoms with Crippen molar-refractivity contribution >= 4 is 42.9 Å². The summed E-state index contributed by atoms with van der Waals surface area (Å²) in [6.07, 6.45) is 0.0377. The fourth-order valence-corrected chi connectivity index (χ4v) is 7.58. The first kappa shape index (κ1) is 20.6. The molecule has 1 amide bonds. The summed E-state index contributed by atoms with van der Waals surface area (Å²) in [6, 6.07) is 10.5.